The highest BCUT2D eigenvalue weighted by Crippen LogP contribution is 2.28. The van der Waals surface area contributed by atoms with Crippen LogP contribution in [0.25, 0.3) is 17.0 Å². The molecule has 1 aromatic heterocycles. The summed E-state index contributed by atoms with van der Waals surface area (Å²) in [5, 5.41) is 3.19. The zero-order valence-electron chi connectivity index (χ0n) is 15.8. The Balaban J connectivity index is 1.82. The van der Waals surface area contributed by atoms with Gasteiger partial charge in [0.1, 0.15) is 5.57 Å². The quantitative estimate of drug-likeness (QED) is 0.465. The van der Waals surface area contributed by atoms with Crippen LogP contribution >= 0.6 is 15.9 Å². The standard InChI is InChI=1S/C22H18BrN3O3/c1-13(2)25-12-14(17-5-3-4-6-19(17)25)11-18-20(27)24-22(29)26(21(18)28)16-9-7-15(23)8-10-16/h3-13H,1-2H3,(H,24,27,29). The second-order valence-electron chi connectivity index (χ2n) is 7.04. The molecule has 0 aliphatic carbocycles. The molecule has 7 heteroatoms. The molecule has 1 aliphatic heterocycles. The summed E-state index contributed by atoms with van der Waals surface area (Å²) in [5.74, 6) is -1.35. The summed E-state index contributed by atoms with van der Waals surface area (Å²) >= 11 is 3.33. The van der Waals surface area contributed by atoms with E-state index in [1.165, 1.54) is 0 Å². The molecule has 0 unspecified atom stereocenters. The van der Waals surface area contributed by atoms with Crippen LogP contribution in [-0.4, -0.2) is 22.4 Å². The van der Waals surface area contributed by atoms with Crippen molar-refractivity contribution in [1.29, 1.82) is 0 Å². The van der Waals surface area contributed by atoms with E-state index in [9.17, 15) is 14.4 Å². The first-order chi connectivity index (χ1) is 13.9. The van der Waals surface area contributed by atoms with Crippen molar-refractivity contribution in [3.05, 3.63) is 70.3 Å². The zero-order valence-corrected chi connectivity index (χ0v) is 17.4. The molecule has 4 rings (SSSR count). The van der Waals surface area contributed by atoms with Gasteiger partial charge >= 0.3 is 6.03 Å². The molecule has 0 atom stereocenters. The Bertz CT molecular complexity index is 1180. The Morgan fingerprint density at radius 2 is 1.69 bits per heavy atom. The maximum atomic E-state index is 13.1. The summed E-state index contributed by atoms with van der Waals surface area (Å²) in [6.07, 6.45) is 3.47. The van der Waals surface area contributed by atoms with Crippen molar-refractivity contribution >= 4 is 56.4 Å². The highest BCUT2D eigenvalue weighted by atomic mass is 79.9. The molecule has 1 fully saturated rings. The second kappa shape index (κ2) is 7.33. The van der Waals surface area contributed by atoms with E-state index < -0.39 is 17.8 Å². The van der Waals surface area contributed by atoms with Crippen LogP contribution in [0.15, 0.2) is 64.8 Å². The monoisotopic (exact) mass is 451 g/mol. The summed E-state index contributed by atoms with van der Waals surface area (Å²) in [6, 6.07) is 14.0. The highest BCUT2D eigenvalue weighted by molar-refractivity contribution is 9.10. The largest absolute Gasteiger partial charge is 0.344 e. The van der Waals surface area contributed by atoms with Crippen LogP contribution in [0.5, 0.6) is 0 Å². The number of para-hydroxylation sites is 1. The third-order valence-electron chi connectivity index (χ3n) is 4.81. The maximum absolute atomic E-state index is 13.1. The number of hydrogen-bond acceptors (Lipinski definition) is 3. The van der Waals surface area contributed by atoms with Crippen molar-refractivity contribution < 1.29 is 14.4 Å². The fourth-order valence-electron chi connectivity index (χ4n) is 3.41. The predicted molar refractivity (Wildman–Crippen MR) is 115 cm³/mol. The Morgan fingerprint density at radius 3 is 2.38 bits per heavy atom. The number of imide groups is 2. The molecule has 3 aromatic rings. The van der Waals surface area contributed by atoms with Gasteiger partial charge in [0.25, 0.3) is 11.8 Å². The third kappa shape index (κ3) is 3.38. The van der Waals surface area contributed by atoms with Gasteiger partial charge in [0.2, 0.25) is 0 Å². The number of amides is 4. The lowest BCUT2D eigenvalue weighted by molar-refractivity contribution is -0.122. The number of aromatic nitrogens is 1. The van der Waals surface area contributed by atoms with E-state index in [4.69, 9.17) is 0 Å². The minimum Gasteiger partial charge on any atom is -0.344 e. The van der Waals surface area contributed by atoms with Gasteiger partial charge in [-0.1, -0.05) is 34.1 Å². The lowest BCUT2D eigenvalue weighted by atomic mass is 10.1. The first-order valence-corrected chi connectivity index (χ1v) is 9.92. The molecule has 0 radical (unpaired) electrons. The van der Waals surface area contributed by atoms with Crippen molar-refractivity contribution in [1.82, 2.24) is 9.88 Å². The van der Waals surface area contributed by atoms with Gasteiger partial charge in [-0.25, -0.2) is 9.69 Å². The number of carbonyl (C=O) groups excluding carboxylic acids is 3. The first-order valence-electron chi connectivity index (χ1n) is 9.13. The van der Waals surface area contributed by atoms with E-state index in [1.54, 1.807) is 30.3 Å². The van der Waals surface area contributed by atoms with Crippen molar-refractivity contribution in [2.24, 2.45) is 0 Å². The number of urea groups is 1. The molecule has 6 nitrogen and oxygen atoms in total. The number of hydrogen-bond donors (Lipinski definition) is 1. The minimum atomic E-state index is -0.760. The van der Waals surface area contributed by atoms with Gasteiger partial charge in [-0.05, 0) is 50.3 Å². The van der Waals surface area contributed by atoms with E-state index in [-0.39, 0.29) is 11.6 Å². The topological polar surface area (TPSA) is 71.4 Å². The Kier molecular flexibility index (Phi) is 4.84. The summed E-state index contributed by atoms with van der Waals surface area (Å²) in [4.78, 5) is 38.8. The summed E-state index contributed by atoms with van der Waals surface area (Å²) in [5.41, 5.74) is 2.06. The van der Waals surface area contributed by atoms with Crippen molar-refractivity contribution in [2.75, 3.05) is 4.90 Å². The molecule has 29 heavy (non-hydrogen) atoms. The van der Waals surface area contributed by atoms with E-state index in [1.807, 2.05) is 30.5 Å². The van der Waals surface area contributed by atoms with E-state index in [0.717, 1.165) is 25.8 Å². The van der Waals surface area contributed by atoms with Gasteiger partial charge in [-0.3, -0.25) is 14.9 Å². The van der Waals surface area contributed by atoms with Crippen molar-refractivity contribution in [3.63, 3.8) is 0 Å². The molecule has 146 valence electrons. The van der Waals surface area contributed by atoms with Crippen molar-refractivity contribution in [2.45, 2.75) is 19.9 Å². The number of fused-ring (bicyclic) bond motifs is 1. The molecule has 1 saturated heterocycles. The molecule has 2 aromatic carbocycles. The van der Waals surface area contributed by atoms with Crippen LogP contribution < -0.4 is 10.2 Å². The lowest BCUT2D eigenvalue weighted by Crippen LogP contribution is -2.54. The number of benzene rings is 2. The average Bonchev–Trinajstić information content (AvgIpc) is 3.05. The Hall–Kier alpha value is -3.19. The van der Waals surface area contributed by atoms with Gasteiger partial charge in [0.15, 0.2) is 0 Å². The number of rotatable bonds is 3. The highest BCUT2D eigenvalue weighted by Gasteiger charge is 2.37. The van der Waals surface area contributed by atoms with E-state index >= 15 is 0 Å². The number of barbiturate groups is 1. The molecule has 0 spiro atoms. The second-order valence-corrected chi connectivity index (χ2v) is 7.95. The fraction of sp³-hybridized carbons (Fsp3) is 0.136. The summed E-state index contributed by atoms with van der Waals surface area (Å²) < 4.78 is 2.91. The first kappa shape index (κ1) is 19.1. The van der Waals surface area contributed by atoms with Crippen LogP contribution in [0.4, 0.5) is 10.5 Å². The van der Waals surface area contributed by atoms with Crippen LogP contribution in [0.1, 0.15) is 25.5 Å². The van der Waals surface area contributed by atoms with E-state index in [2.05, 4.69) is 39.7 Å². The van der Waals surface area contributed by atoms with Gasteiger partial charge in [0, 0.05) is 33.2 Å². The maximum Gasteiger partial charge on any atom is 0.335 e. The molecule has 4 amide bonds. The van der Waals surface area contributed by atoms with Gasteiger partial charge in [-0.2, -0.15) is 0 Å². The Morgan fingerprint density at radius 1 is 1.00 bits per heavy atom. The van der Waals surface area contributed by atoms with E-state index in [0.29, 0.717) is 5.69 Å². The Labute approximate surface area is 175 Å². The minimum absolute atomic E-state index is 0.0841. The number of carbonyl (C=O) groups is 3. The van der Waals surface area contributed by atoms with Crippen LogP contribution in [0, 0.1) is 0 Å². The SMILES string of the molecule is CC(C)n1cc(C=C2C(=O)NC(=O)N(c3ccc(Br)cc3)C2=O)c2ccccc21. The molecule has 1 aliphatic rings. The van der Waals surface area contributed by atoms with Gasteiger partial charge < -0.3 is 4.57 Å². The third-order valence-corrected chi connectivity index (χ3v) is 5.34. The normalized spacial score (nSPS) is 16.2. The molecular formula is C22H18BrN3O3. The van der Waals surface area contributed by atoms with Crippen molar-refractivity contribution in [3.8, 4) is 0 Å². The summed E-state index contributed by atoms with van der Waals surface area (Å²) in [7, 11) is 0. The van der Waals surface area contributed by atoms with Gasteiger partial charge in [0.05, 0.1) is 5.69 Å². The van der Waals surface area contributed by atoms with Crippen LogP contribution in [0.2, 0.25) is 0 Å². The lowest BCUT2D eigenvalue weighted by Gasteiger charge is -2.26. The smallest absolute Gasteiger partial charge is 0.335 e. The molecular weight excluding hydrogens is 434 g/mol. The van der Waals surface area contributed by atoms with Crippen LogP contribution in [-0.2, 0) is 9.59 Å². The number of halogens is 1. The average molecular weight is 452 g/mol. The molecule has 0 saturated carbocycles. The fourth-order valence-corrected chi connectivity index (χ4v) is 3.68. The predicted octanol–water partition coefficient (Wildman–Crippen LogP) is 4.65. The number of anilines is 1. The number of nitrogens with zero attached hydrogens (tertiary/aromatic N) is 2. The molecule has 0 bridgehead atoms. The van der Waals surface area contributed by atoms with Crippen LogP contribution in [0.3, 0.4) is 0 Å². The zero-order chi connectivity index (χ0) is 20.7. The molecule has 1 N–H and O–H groups in total. The van der Waals surface area contributed by atoms with Gasteiger partial charge in [-0.15, -0.1) is 0 Å². The molecule has 2 heterocycles. The number of nitrogens with one attached hydrogen (secondary N) is 1. The summed E-state index contributed by atoms with van der Waals surface area (Å²) in [6.45, 7) is 4.13.